The quantitative estimate of drug-likeness (QED) is 0.681. The maximum Gasteiger partial charge on any atom is 0.243 e. The third-order valence-corrected chi connectivity index (χ3v) is 6.59. The first-order chi connectivity index (χ1) is 12.2. The van der Waals surface area contributed by atoms with Gasteiger partial charge in [-0.1, -0.05) is 46.6 Å². The van der Waals surface area contributed by atoms with Crippen LogP contribution in [0.3, 0.4) is 0 Å². The van der Waals surface area contributed by atoms with E-state index in [2.05, 4.69) is 21.2 Å². The highest BCUT2D eigenvalue weighted by Gasteiger charge is 2.25. The number of hydrogen-bond acceptors (Lipinski definition) is 3. The zero-order valence-electron chi connectivity index (χ0n) is 14.4. The first kappa shape index (κ1) is 20.9. The van der Waals surface area contributed by atoms with E-state index in [1.807, 2.05) is 31.2 Å². The number of likely N-dealkylation sites (N-methyl/N-ethyl adjacent to an activating group) is 1. The summed E-state index contributed by atoms with van der Waals surface area (Å²) in [5.74, 6) is -0.361. The molecule has 0 aliphatic carbocycles. The van der Waals surface area contributed by atoms with Crippen molar-refractivity contribution in [2.24, 2.45) is 0 Å². The smallest absolute Gasteiger partial charge is 0.243 e. The number of halogens is 2. The first-order valence-electron chi connectivity index (χ1n) is 8.04. The van der Waals surface area contributed by atoms with Gasteiger partial charge in [0.25, 0.3) is 0 Å². The molecule has 2 aromatic carbocycles. The molecule has 0 heterocycles. The van der Waals surface area contributed by atoms with Crippen molar-refractivity contribution in [3.05, 3.63) is 63.6 Å². The molecule has 1 N–H and O–H groups in total. The molecule has 140 valence electrons. The monoisotopic (exact) mass is 458 g/mol. The fourth-order valence-corrected chi connectivity index (χ4v) is 4.20. The Hall–Kier alpha value is -1.41. The molecule has 0 aromatic heterocycles. The van der Waals surface area contributed by atoms with Crippen LogP contribution in [0.25, 0.3) is 0 Å². The average molecular weight is 460 g/mol. The summed E-state index contributed by atoms with van der Waals surface area (Å²) in [6.07, 6.45) is 0. The van der Waals surface area contributed by atoms with Crippen LogP contribution in [0.2, 0.25) is 5.02 Å². The van der Waals surface area contributed by atoms with E-state index in [1.54, 1.807) is 6.92 Å². The van der Waals surface area contributed by atoms with E-state index in [4.69, 9.17) is 11.6 Å². The van der Waals surface area contributed by atoms with Crippen molar-refractivity contribution in [1.82, 2.24) is 9.62 Å². The fourth-order valence-electron chi connectivity index (χ4n) is 2.40. The van der Waals surface area contributed by atoms with E-state index in [0.29, 0.717) is 5.02 Å². The Balaban J connectivity index is 2.07. The maximum absolute atomic E-state index is 12.7. The summed E-state index contributed by atoms with van der Waals surface area (Å²) in [5.41, 5.74) is 0.935. The minimum atomic E-state index is -3.76. The summed E-state index contributed by atoms with van der Waals surface area (Å²) in [4.78, 5) is 12.5. The molecule has 0 aliphatic heterocycles. The van der Waals surface area contributed by atoms with Crippen LogP contribution in [-0.4, -0.2) is 31.7 Å². The van der Waals surface area contributed by atoms with Crippen LogP contribution in [-0.2, 0) is 14.8 Å². The summed E-state index contributed by atoms with van der Waals surface area (Å²) in [6.45, 7) is 3.48. The Labute approximate surface area is 167 Å². The first-order valence-corrected chi connectivity index (χ1v) is 10.7. The van der Waals surface area contributed by atoms with Gasteiger partial charge in [0, 0.05) is 16.0 Å². The van der Waals surface area contributed by atoms with Crippen LogP contribution in [0.4, 0.5) is 0 Å². The number of benzene rings is 2. The number of hydrogen-bond donors (Lipinski definition) is 1. The standard InChI is InChI=1S/C18H20BrClN2O3S/c1-3-22(26(24,25)17-10-8-16(20)9-11-17)12-18(23)21-13(2)14-4-6-15(19)7-5-14/h4-11,13H,3,12H2,1-2H3,(H,21,23)/t13-/m1/s1. The van der Waals surface area contributed by atoms with Crippen molar-refractivity contribution in [3.63, 3.8) is 0 Å². The second kappa shape index (κ2) is 8.99. The normalized spacial score (nSPS) is 12.8. The summed E-state index contributed by atoms with van der Waals surface area (Å²) in [6, 6.07) is 13.2. The number of amides is 1. The predicted octanol–water partition coefficient (Wildman–Crippen LogP) is 3.99. The van der Waals surface area contributed by atoms with Crippen LogP contribution in [0.5, 0.6) is 0 Å². The largest absolute Gasteiger partial charge is 0.348 e. The Bertz CT molecular complexity index is 855. The number of nitrogens with one attached hydrogen (secondary N) is 1. The highest BCUT2D eigenvalue weighted by atomic mass is 79.9. The third-order valence-electron chi connectivity index (χ3n) is 3.87. The van der Waals surface area contributed by atoms with Gasteiger partial charge in [-0.2, -0.15) is 4.31 Å². The van der Waals surface area contributed by atoms with E-state index >= 15 is 0 Å². The van der Waals surface area contributed by atoms with Gasteiger partial charge in [0.15, 0.2) is 0 Å². The van der Waals surface area contributed by atoms with Crippen molar-refractivity contribution in [3.8, 4) is 0 Å². The molecule has 0 spiro atoms. The molecule has 26 heavy (non-hydrogen) atoms. The highest BCUT2D eigenvalue weighted by molar-refractivity contribution is 9.10. The maximum atomic E-state index is 12.7. The molecule has 0 radical (unpaired) electrons. The summed E-state index contributed by atoms with van der Waals surface area (Å²) < 4.78 is 27.5. The van der Waals surface area contributed by atoms with E-state index in [1.165, 1.54) is 24.3 Å². The number of carbonyl (C=O) groups is 1. The van der Waals surface area contributed by atoms with Crippen molar-refractivity contribution >= 4 is 43.5 Å². The van der Waals surface area contributed by atoms with Crippen molar-refractivity contribution in [2.75, 3.05) is 13.1 Å². The lowest BCUT2D eigenvalue weighted by Gasteiger charge is -2.22. The molecule has 0 saturated heterocycles. The molecular formula is C18H20BrClN2O3S. The summed E-state index contributed by atoms with van der Waals surface area (Å²) >= 11 is 9.18. The lowest BCUT2D eigenvalue weighted by atomic mass is 10.1. The van der Waals surface area contributed by atoms with Crippen LogP contribution in [0, 0.1) is 0 Å². The average Bonchev–Trinajstić information content (AvgIpc) is 2.60. The van der Waals surface area contributed by atoms with Crippen LogP contribution >= 0.6 is 27.5 Å². The van der Waals surface area contributed by atoms with Gasteiger partial charge in [-0.15, -0.1) is 0 Å². The second-order valence-corrected chi connectivity index (χ2v) is 9.02. The Morgan fingerprint density at radius 3 is 2.27 bits per heavy atom. The van der Waals surface area contributed by atoms with E-state index in [0.717, 1.165) is 14.3 Å². The van der Waals surface area contributed by atoms with Crippen molar-refractivity contribution in [2.45, 2.75) is 24.8 Å². The molecule has 8 heteroatoms. The molecule has 0 bridgehead atoms. The zero-order chi connectivity index (χ0) is 19.3. The molecule has 1 amide bonds. The third kappa shape index (κ3) is 5.30. The van der Waals surface area contributed by atoms with Crippen LogP contribution < -0.4 is 5.32 Å². The van der Waals surface area contributed by atoms with Crippen LogP contribution in [0.1, 0.15) is 25.5 Å². The van der Waals surface area contributed by atoms with Crippen molar-refractivity contribution in [1.29, 1.82) is 0 Å². The number of nitrogens with zero attached hydrogens (tertiary/aromatic N) is 1. The SMILES string of the molecule is CCN(CC(=O)N[C@H](C)c1ccc(Br)cc1)S(=O)(=O)c1ccc(Cl)cc1. The highest BCUT2D eigenvalue weighted by Crippen LogP contribution is 2.19. The van der Waals surface area contributed by atoms with Gasteiger partial charge >= 0.3 is 0 Å². The summed E-state index contributed by atoms with van der Waals surface area (Å²) in [7, 11) is -3.76. The Kier molecular flexibility index (Phi) is 7.23. The minimum absolute atomic E-state index is 0.109. The number of sulfonamides is 1. The Morgan fingerprint density at radius 2 is 1.73 bits per heavy atom. The summed E-state index contributed by atoms with van der Waals surface area (Å²) in [5, 5.41) is 3.28. The number of rotatable bonds is 7. The van der Waals surface area contributed by atoms with Gasteiger partial charge in [-0.25, -0.2) is 8.42 Å². The van der Waals surface area contributed by atoms with Crippen LogP contribution in [0.15, 0.2) is 57.9 Å². The van der Waals surface area contributed by atoms with Gasteiger partial charge in [0.05, 0.1) is 17.5 Å². The molecule has 0 unspecified atom stereocenters. The second-order valence-electron chi connectivity index (χ2n) is 5.73. The molecule has 5 nitrogen and oxygen atoms in total. The zero-order valence-corrected chi connectivity index (χ0v) is 17.6. The Morgan fingerprint density at radius 1 is 1.15 bits per heavy atom. The predicted molar refractivity (Wildman–Crippen MR) is 107 cm³/mol. The van der Waals surface area contributed by atoms with E-state index in [-0.39, 0.29) is 29.9 Å². The topological polar surface area (TPSA) is 66.5 Å². The number of carbonyl (C=O) groups excluding carboxylic acids is 1. The van der Waals surface area contributed by atoms with E-state index < -0.39 is 10.0 Å². The molecular weight excluding hydrogens is 440 g/mol. The van der Waals surface area contributed by atoms with E-state index in [9.17, 15) is 13.2 Å². The molecule has 1 atom stereocenters. The molecule has 0 fully saturated rings. The molecule has 2 aromatic rings. The van der Waals surface area contributed by atoms with Gasteiger partial charge in [-0.3, -0.25) is 4.79 Å². The lowest BCUT2D eigenvalue weighted by Crippen LogP contribution is -2.41. The molecule has 0 saturated carbocycles. The molecule has 0 aliphatic rings. The van der Waals surface area contributed by atoms with Gasteiger partial charge in [0.1, 0.15) is 0 Å². The van der Waals surface area contributed by atoms with Gasteiger partial charge < -0.3 is 5.32 Å². The minimum Gasteiger partial charge on any atom is -0.348 e. The van der Waals surface area contributed by atoms with Crippen molar-refractivity contribution < 1.29 is 13.2 Å². The fraction of sp³-hybridized carbons (Fsp3) is 0.278. The lowest BCUT2D eigenvalue weighted by molar-refractivity contribution is -0.121. The van der Waals surface area contributed by atoms with Gasteiger partial charge in [0.2, 0.25) is 15.9 Å². The van der Waals surface area contributed by atoms with Gasteiger partial charge in [-0.05, 0) is 48.9 Å². The molecule has 2 rings (SSSR count).